The maximum absolute atomic E-state index is 12.1. The van der Waals surface area contributed by atoms with Gasteiger partial charge in [0.05, 0.1) is 11.4 Å². The summed E-state index contributed by atoms with van der Waals surface area (Å²) in [5.74, 6) is 3.35. The fourth-order valence-electron chi connectivity index (χ4n) is 2.42. The van der Waals surface area contributed by atoms with Crippen LogP contribution in [0.15, 0.2) is 18.3 Å². The van der Waals surface area contributed by atoms with Crippen LogP contribution in [0.3, 0.4) is 0 Å². The molecule has 0 saturated carbocycles. The van der Waals surface area contributed by atoms with E-state index in [4.69, 9.17) is 6.42 Å². The van der Waals surface area contributed by atoms with Gasteiger partial charge in [0, 0.05) is 19.0 Å². The zero-order valence-electron chi connectivity index (χ0n) is 12.4. The molecule has 1 aliphatic heterocycles. The lowest BCUT2D eigenvalue weighted by atomic mass is 10.0. The maximum Gasteiger partial charge on any atom is 0.224 e. The average molecular weight is 298 g/mol. The number of nitrogens with one attached hydrogen (secondary N) is 3. The van der Waals surface area contributed by atoms with Crippen molar-refractivity contribution >= 4 is 17.2 Å². The Kier molecular flexibility index (Phi) is 3.79. The minimum atomic E-state index is -0.179. The van der Waals surface area contributed by atoms with Gasteiger partial charge in [0.2, 0.25) is 5.91 Å². The first-order valence-electron chi connectivity index (χ1n) is 7.21. The third kappa shape index (κ3) is 2.93. The molecule has 1 saturated heterocycles. The summed E-state index contributed by atoms with van der Waals surface area (Å²) in [6.45, 7) is 1.87. The van der Waals surface area contributed by atoms with E-state index in [0.717, 1.165) is 12.2 Å². The SMILES string of the molecule is C#CCCC1(CCC(=O)Nc2cccn3c(C)nnc23)NN1. The van der Waals surface area contributed by atoms with Gasteiger partial charge in [-0.15, -0.1) is 22.5 Å². The van der Waals surface area contributed by atoms with Crippen molar-refractivity contribution in [3.05, 3.63) is 24.2 Å². The molecule has 1 amide bonds. The molecule has 3 N–H and O–H groups in total. The first-order chi connectivity index (χ1) is 10.6. The molecule has 22 heavy (non-hydrogen) atoms. The first kappa shape index (κ1) is 14.5. The van der Waals surface area contributed by atoms with Crippen LogP contribution in [0.2, 0.25) is 0 Å². The number of terminal acetylenes is 1. The highest BCUT2D eigenvalue weighted by molar-refractivity contribution is 5.94. The predicted octanol–water partition coefficient (Wildman–Crippen LogP) is 0.974. The molecule has 0 spiro atoms. The second-order valence-electron chi connectivity index (χ2n) is 5.45. The molecule has 3 heterocycles. The molecule has 0 bridgehead atoms. The van der Waals surface area contributed by atoms with Crippen LogP contribution >= 0.6 is 0 Å². The van der Waals surface area contributed by atoms with Gasteiger partial charge in [0.1, 0.15) is 5.82 Å². The summed E-state index contributed by atoms with van der Waals surface area (Å²) in [6, 6.07) is 3.68. The molecule has 114 valence electrons. The highest BCUT2D eigenvalue weighted by Gasteiger charge is 2.40. The van der Waals surface area contributed by atoms with Crippen LogP contribution in [0.5, 0.6) is 0 Å². The van der Waals surface area contributed by atoms with Gasteiger partial charge < -0.3 is 5.32 Å². The van der Waals surface area contributed by atoms with Crippen molar-refractivity contribution in [3.63, 3.8) is 0 Å². The molecule has 0 aliphatic carbocycles. The lowest BCUT2D eigenvalue weighted by Crippen LogP contribution is -2.21. The summed E-state index contributed by atoms with van der Waals surface area (Å²) in [6.07, 6.45) is 9.73. The molecule has 0 radical (unpaired) electrons. The highest BCUT2D eigenvalue weighted by atomic mass is 16.1. The van der Waals surface area contributed by atoms with Gasteiger partial charge in [-0.25, -0.2) is 10.9 Å². The number of rotatable bonds is 6. The molecule has 0 aromatic carbocycles. The molecular formula is C15H18N6O. The third-order valence-electron chi connectivity index (χ3n) is 3.83. The number of hydrogen-bond donors (Lipinski definition) is 3. The van der Waals surface area contributed by atoms with Gasteiger partial charge in [0.15, 0.2) is 5.65 Å². The lowest BCUT2D eigenvalue weighted by Gasteiger charge is -2.10. The number of carbonyl (C=O) groups excluding carboxylic acids is 1. The standard InChI is InChI=1S/C15H18N6O/c1-3-4-8-15(19-20-15)9-7-13(22)16-12-6-5-10-21-11(2)17-18-14(12)21/h1,5-6,10,19-20H,4,7-9H2,2H3,(H,16,22). The zero-order valence-corrected chi connectivity index (χ0v) is 12.4. The quantitative estimate of drug-likeness (QED) is 0.545. The summed E-state index contributed by atoms with van der Waals surface area (Å²) in [7, 11) is 0. The molecule has 0 atom stereocenters. The fraction of sp³-hybridized carbons (Fsp3) is 0.400. The zero-order chi connectivity index (χ0) is 15.6. The Hall–Kier alpha value is -2.43. The van der Waals surface area contributed by atoms with E-state index in [1.165, 1.54) is 0 Å². The number of nitrogens with zero attached hydrogens (tertiary/aromatic N) is 3. The molecule has 1 aliphatic rings. The van der Waals surface area contributed by atoms with Crippen LogP contribution in [-0.4, -0.2) is 26.2 Å². The monoisotopic (exact) mass is 298 g/mol. The normalized spacial score (nSPS) is 15.5. The van der Waals surface area contributed by atoms with Gasteiger partial charge in [-0.05, 0) is 31.9 Å². The van der Waals surface area contributed by atoms with Crippen molar-refractivity contribution in [1.82, 2.24) is 25.4 Å². The first-order valence-corrected chi connectivity index (χ1v) is 7.21. The summed E-state index contributed by atoms with van der Waals surface area (Å²) in [5.41, 5.74) is 7.31. The summed E-state index contributed by atoms with van der Waals surface area (Å²) in [5, 5.41) is 11.0. The van der Waals surface area contributed by atoms with Gasteiger partial charge >= 0.3 is 0 Å². The topological polar surface area (TPSA) is 103 Å². The fourth-order valence-corrected chi connectivity index (χ4v) is 2.42. The Morgan fingerprint density at radius 1 is 1.45 bits per heavy atom. The maximum atomic E-state index is 12.1. The molecule has 7 heteroatoms. The number of fused-ring (bicyclic) bond motifs is 1. The summed E-state index contributed by atoms with van der Waals surface area (Å²) < 4.78 is 1.84. The van der Waals surface area contributed by atoms with Crippen LogP contribution < -0.4 is 16.2 Å². The number of hydrogen-bond acceptors (Lipinski definition) is 5. The van der Waals surface area contributed by atoms with Crippen molar-refractivity contribution < 1.29 is 4.79 Å². The molecule has 0 unspecified atom stereocenters. The van der Waals surface area contributed by atoms with Crippen molar-refractivity contribution in [2.45, 2.75) is 38.3 Å². The van der Waals surface area contributed by atoms with Crippen molar-refractivity contribution in [2.24, 2.45) is 0 Å². The van der Waals surface area contributed by atoms with E-state index in [-0.39, 0.29) is 11.6 Å². The molecular weight excluding hydrogens is 280 g/mol. The van der Waals surface area contributed by atoms with Gasteiger partial charge in [-0.1, -0.05) is 0 Å². The van der Waals surface area contributed by atoms with Gasteiger partial charge in [-0.3, -0.25) is 9.20 Å². The van der Waals surface area contributed by atoms with Crippen LogP contribution in [0.4, 0.5) is 5.69 Å². The molecule has 2 aromatic heterocycles. The van der Waals surface area contributed by atoms with E-state index in [9.17, 15) is 4.79 Å². The molecule has 7 nitrogen and oxygen atoms in total. The van der Waals surface area contributed by atoms with Gasteiger partial charge in [-0.2, -0.15) is 0 Å². The average Bonchev–Trinajstić information content (AvgIpc) is 3.20. The van der Waals surface area contributed by atoms with Gasteiger partial charge in [0.25, 0.3) is 0 Å². The number of amides is 1. The number of aryl methyl sites for hydroxylation is 1. The number of aromatic nitrogens is 3. The minimum absolute atomic E-state index is 0.0515. The Morgan fingerprint density at radius 3 is 3.00 bits per heavy atom. The molecule has 1 fully saturated rings. The van der Waals surface area contributed by atoms with Crippen molar-refractivity contribution in [3.8, 4) is 12.3 Å². The Balaban J connectivity index is 1.61. The molecule has 2 aromatic rings. The number of anilines is 1. The predicted molar refractivity (Wildman–Crippen MR) is 82.7 cm³/mol. The van der Waals surface area contributed by atoms with E-state index in [1.54, 1.807) is 0 Å². The number of hydrazine groups is 1. The van der Waals surface area contributed by atoms with E-state index in [2.05, 4.69) is 32.3 Å². The third-order valence-corrected chi connectivity index (χ3v) is 3.83. The summed E-state index contributed by atoms with van der Waals surface area (Å²) in [4.78, 5) is 12.1. The van der Waals surface area contributed by atoms with Crippen LogP contribution in [0, 0.1) is 19.3 Å². The van der Waals surface area contributed by atoms with Crippen LogP contribution in [-0.2, 0) is 4.79 Å². The smallest absolute Gasteiger partial charge is 0.224 e. The van der Waals surface area contributed by atoms with E-state index < -0.39 is 0 Å². The van der Waals surface area contributed by atoms with E-state index >= 15 is 0 Å². The number of pyridine rings is 1. The Bertz CT molecular complexity index is 740. The van der Waals surface area contributed by atoms with Crippen molar-refractivity contribution in [2.75, 3.05) is 5.32 Å². The van der Waals surface area contributed by atoms with E-state index in [1.807, 2.05) is 29.7 Å². The Labute approximate surface area is 128 Å². The second-order valence-corrected chi connectivity index (χ2v) is 5.45. The second kappa shape index (κ2) is 5.75. The summed E-state index contributed by atoms with van der Waals surface area (Å²) >= 11 is 0. The largest absolute Gasteiger partial charge is 0.323 e. The highest BCUT2D eigenvalue weighted by Crippen LogP contribution is 2.24. The van der Waals surface area contributed by atoms with E-state index in [0.29, 0.717) is 30.6 Å². The Morgan fingerprint density at radius 2 is 2.27 bits per heavy atom. The molecule has 3 rings (SSSR count). The number of carbonyl (C=O) groups is 1. The lowest BCUT2D eigenvalue weighted by molar-refractivity contribution is -0.116. The minimum Gasteiger partial charge on any atom is -0.323 e. The van der Waals surface area contributed by atoms with Crippen LogP contribution in [0.1, 0.15) is 31.5 Å². The van der Waals surface area contributed by atoms with Crippen molar-refractivity contribution in [1.29, 1.82) is 0 Å². The van der Waals surface area contributed by atoms with Crippen LogP contribution in [0.25, 0.3) is 5.65 Å².